The number of nitrogens with one attached hydrogen (secondary N) is 4. The van der Waals surface area contributed by atoms with Gasteiger partial charge in [-0.05, 0) is 43.5 Å². The normalized spacial score (nSPS) is 16.3. The fourth-order valence-electron chi connectivity index (χ4n) is 2.58. The van der Waals surface area contributed by atoms with Crippen molar-refractivity contribution >= 4 is 23.4 Å². The molecule has 25 heavy (non-hydrogen) atoms. The Bertz CT molecular complexity index is 542. The van der Waals surface area contributed by atoms with Gasteiger partial charge in [0.1, 0.15) is 0 Å². The van der Waals surface area contributed by atoms with Gasteiger partial charge in [0.25, 0.3) is 0 Å². The maximum Gasteiger partial charge on any atom is 0.319 e. The molecule has 0 bridgehead atoms. The van der Waals surface area contributed by atoms with Crippen LogP contribution in [0.5, 0.6) is 0 Å². The molecule has 1 aliphatic heterocycles. The third-order valence-electron chi connectivity index (χ3n) is 3.98. The van der Waals surface area contributed by atoms with Crippen molar-refractivity contribution in [2.45, 2.75) is 45.1 Å². The number of urea groups is 2. The van der Waals surface area contributed by atoms with Gasteiger partial charge in [0, 0.05) is 31.1 Å². The summed E-state index contributed by atoms with van der Waals surface area (Å²) < 4.78 is 5.46. The first-order valence-corrected chi connectivity index (χ1v) is 8.98. The van der Waals surface area contributed by atoms with E-state index in [4.69, 9.17) is 4.74 Å². The highest BCUT2D eigenvalue weighted by Crippen LogP contribution is 2.14. The van der Waals surface area contributed by atoms with Crippen LogP contribution < -0.4 is 21.3 Å². The predicted molar refractivity (Wildman–Crippen MR) is 99.0 cm³/mol. The summed E-state index contributed by atoms with van der Waals surface area (Å²) in [6.07, 6.45) is 5.37. The van der Waals surface area contributed by atoms with Crippen LogP contribution in [0.15, 0.2) is 24.3 Å². The lowest BCUT2D eigenvalue weighted by molar-refractivity contribution is 0.112. The molecule has 0 radical (unpaired) electrons. The molecule has 1 atom stereocenters. The number of carbonyl (C=O) groups excluding carboxylic acids is 2. The SMILES string of the molecule is CCCCCNC(=O)Nc1ccc(NC(=O)NC[C@@H]2CCCO2)cc1. The van der Waals surface area contributed by atoms with Crippen molar-refractivity contribution in [2.24, 2.45) is 0 Å². The van der Waals surface area contributed by atoms with Crippen LogP contribution >= 0.6 is 0 Å². The number of unbranched alkanes of at least 4 members (excludes halogenated alkanes) is 2. The highest BCUT2D eigenvalue weighted by molar-refractivity contribution is 5.91. The molecule has 0 saturated carbocycles. The maximum atomic E-state index is 11.8. The highest BCUT2D eigenvalue weighted by atomic mass is 16.5. The predicted octanol–water partition coefficient (Wildman–Crippen LogP) is 3.30. The number of benzene rings is 1. The average Bonchev–Trinajstić information content (AvgIpc) is 3.12. The summed E-state index contributed by atoms with van der Waals surface area (Å²) in [5.41, 5.74) is 1.34. The molecule has 2 rings (SSSR count). The summed E-state index contributed by atoms with van der Waals surface area (Å²) in [4.78, 5) is 23.6. The van der Waals surface area contributed by atoms with Crippen molar-refractivity contribution in [2.75, 3.05) is 30.3 Å². The van der Waals surface area contributed by atoms with Crippen molar-refractivity contribution < 1.29 is 14.3 Å². The lowest BCUT2D eigenvalue weighted by atomic mass is 10.2. The Hall–Kier alpha value is -2.28. The Kier molecular flexibility index (Phi) is 8.04. The Morgan fingerprint density at radius 3 is 2.24 bits per heavy atom. The van der Waals surface area contributed by atoms with Crippen LogP contribution in [0, 0.1) is 0 Å². The molecule has 0 unspecified atom stereocenters. The van der Waals surface area contributed by atoms with Gasteiger partial charge in [-0.2, -0.15) is 0 Å². The first kappa shape index (κ1) is 19.1. The Morgan fingerprint density at radius 2 is 1.68 bits per heavy atom. The number of ether oxygens (including phenoxy) is 1. The number of amides is 4. The summed E-state index contributed by atoms with van der Waals surface area (Å²) in [5.74, 6) is 0. The zero-order valence-corrected chi connectivity index (χ0v) is 14.8. The van der Waals surface area contributed by atoms with Crippen molar-refractivity contribution in [3.8, 4) is 0 Å². The smallest absolute Gasteiger partial charge is 0.319 e. The van der Waals surface area contributed by atoms with E-state index in [0.717, 1.165) is 38.7 Å². The number of carbonyl (C=O) groups is 2. The summed E-state index contributed by atoms with van der Waals surface area (Å²) in [6, 6.07) is 6.52. The van der Waals surface area contributed by atoms with Gasteiger partial charge in [-0.25, -0.2) is 9.59 Å². The molecule has 0 spiro atoms. The second-order valence-corrected chi connectivity index (χ2v) is 6.14. The number of rotatable bonds is 8. The minimum Gasteiger partial charge on any atom is -0.376 e. The maximum absolute atomic E-state index is 11.8. The Morgan fingerprint density at radius 1 is 1.04 bits per heavy atom. The van der Waals surface area contributed by atoms with E-state index in [1.165, 1.54) is 0 Å². The van der Waals surface area contributed by atoms with Crippen molar-refractivity contribution in [1.29, 1.82) is 0 Å². The largest absolute Gasteiger partial charge is 0.376 e. The van der Waals surface area contributed by atoms with E-state index in [9.17, 15) is 9.59 Å². The molecule has 7 heteroatoms. The lowest BCUT2D eigenvalue weighted by Gasteiger charge is -2.12. The molecule has 1 heterocycles. The second kappa shape index (κ2) is 10.6. The number of hydrogen-bond donors (Lipinski definition) is 4. The minimum absolute atomic E-state index is 0.119. The number of anilines is 2. The molecule has 1 fully saturated rings. The van der Waals surface area contributed by atoms with Crippen LogP contribution in [0.1, 0.15) is 39.0 Å². The van der Waals surface area contributed by atoms with Gasteiger partial charge in [0.05, 0.1) is 6.10 Å². The Balaban J connectivity index is 1.67. The van der Waals surface area contributed by atoms with E-state index >= 15 is 0 Å². The molecular weight excluding hydrogens is 320 g/mol. The van der Waals surface area contributed by atoms with Gasteiger partial charge in [0.2, 0.25) is 0 Å². The van der Waals surface area contributed by atoms with Crippen LogP contribution in [0.25, 0.3) is 0 Å². The summed E-state index contributed by atoms with van der Waals surface area (Å²) >= 11 is 0. The highest BCUT2D eigenvalue weighted by Gasteiger charge is 2.16. The fraction of sp³-hybridized carbons (Fsp3) is 0.556. The average molecular weight is 348 g/mol. The third kappa shape index (κ3) is 7.43. The summed E-state index contributed by atoms with van der Waals surface area (Å²) in [7, 11) is 0. The van der Waals surface area contributed by atoms with Gasteiger partial charge in [-0.15, -0.1) is 0 Å². The number of hydrogen-bond acceptors (Lipinski definition) is 3. The molecule has 1 saturated heterocycles. The fourth-order valence-corrected chi connectivity index (χ4v) is 2.58. The van der Waals surface area contributed by atoms with Gasteiger partial charge >= 0.3 is 12.1 Å². The molecule has 4 N–H and O–H groups in total. The summed E-state index contributed by atoms with van der Waals surface area (Å²) in [5, 5.41) is 11.1. The lowest BCUT2D eigenvalue weighted by Crippen LogP contribution is -2.35. The Labute approximate surface area is 148 Å². The first-order valence-electron chi connectivity index (χ1n) is 8.98. The van der Waals surface area contributed by atoms with Crippen molar-refractivity contribution in [3.63, 3.8) is 0 Å². The van der Waals surface area contributed by atoms with Gasteiger partial charge < -0.3 is 26.0 Å². The zero-order valence-electron chi connectivity index (χ0n) is 14.8. The molecule has 0 aromatic heterocycles. The van der Waals surface area contributed by atoms with Crippen molar-refractivity contribution in [3.05, 3.63) is 24.3 Å². The van der Waals surface area contributed by atoms with Crippen LogP contribution in [0.4, 0.5) is 21.0 Å². The van der Waals surface area contributed by atoms with Crippen LogP contribution in [0.2, 0.25) is 0 Å². The molecule has 1 aromatic rings. The molecule has 1 aliphatic rings. The van der Waals surface area contributed by atoms with E-state index < -0.39 is 0 Å². The third-order valence-corrected chi connectivity index (χ3v) is 3.98. The van der Waals surface area contributed by atoms with E-state index in [0.29, 0.717) is 24.5 Å². The molecule has 7 nitrogen and oxygen atoms in total. The molecule has 1 aromatic carbocycles. The van der Waals surface area contributed by atoms with Gasteiger partial charge in [0.15, 0.2) is 0 Å². The van der Waals surface area contributed by atoms with Crippen LogP contribution in [-0.4, -0.2) is 37.9 Å². The van der Waals surface area contributed by atoms with Gasteiger partial charge in [-0.3, -0.25) is 0 Å². The van der Waals surface area contributed by atoms with Crippen molar-refractivity contribution in [1.82, 2.24) is 10.6 Å². The molecule has 0 aliphatic carbocycles. The van der Waals surface area contributed by atoms with E-state index in [-0.39, 0.29) is 18.2 Å². The van der Waals surface area contributed by atoms with E-state index in [1.807, 2.05) is 0 Å². The molecule has 4 amide bonds. The topological polar surface area (TPSA) is 91.5 Å². The second-order valence-electron chi connectivity index (χ2n) is 6.14. The minimum atomic E-state index is -0.259. The summed E-state index contributed by atoms with van der Waals surface area (Å²) in [6.45, 7) is 4.08. The monoisotopic (exact) mass is 348 g/mol. The van der Waals surface area contributed by atoms with E-state index in [2.05, 4.69) is 28.2 Å². The zero-order chi connectivity index (χ0) is 17.9. The van der Waals surface area contributed by atoms with Gasteiger partial charge in [-0.1, -0.05) is 19.8 Å². The molecule has 138 valence electrons. The molecular formula is C18H28N4O3. The van der Waals surface area contributed by atoms with Crippen LogP contribution in [-0.2, 0) is 4.74 Å². The standard InChI is InChI=1S/C18H28N4O3/c1-2-3-4-11-19-17(23)21-14-7-9-15(10-8-14)22-18(24)20-13-16-6-5-12-25-16/h7-10,16H,2-6,11-13H2,1H3,(H2,19,21,23)(H2,20,22,24)/t16-/m0/s1. The van der Waals surface area contributed by atoms with E-state index in [1.54, 1.807) is 24.3 Å². The van der Waals surface area contributed by atoms with Crippen LogP contribution in [0.3, 0.4) is 0 Å². The first-order chi connectivity index (χ1) is 12.2. The quantitative estimate of drug-likeness (QED) is 0.543.